The molecule has 1 aromatic rings. The molecule has 3 heteroatoms. The molecular weight excluding hydrogens is 200 g/mol. The van der Waals surface area contributed by atoms with Gasteiger partial charge in [-0.05, 0) is 30.5 Å². The van der Waals surface area contributed by atoms with Gasteiger partial charge in [0.05, 0.1) is 6.10 Å². The second-order valence-electron chi connectivity index (χ2n) is 4.32. The summed E-state index contributed by atoms with van der Waals surface area (Å²) in [6, 6.07) is 8.51. The maximum absolute atomic E-state index is 5.59. The Balaban J connectivity index is 2.05. The zero-order valence-corrected chi connectivity index (χ0v) is 9.86. The molecule has 1 unspecified atom stereocenters. The number of hydrogen-bond acceptors (Lipinski definition) is 3. The molecule has 0 aliphatic carbocycles. The van der Waals surface area contributed by atoms with E-state index >= 15 is 0 Å². The van der Waals surface area contributed by atoms with Crippen LogP contribution in [-0.2, 0) is 11.3 Å². The Labute approximate surface area is 97.2 Å². The van der Waals surface area contributed by atoms with Crippen LogP contribution >= 0.6 is 0 Å². The van der Waals surface area contributed by atoms with E-state index in [4.69, 9.17) is 10.5 Å². The third-order valence-electron chi connectivity index (χ3n) is 3.25. The quantitative estimate of drug-likeness (QED) is 0.843. The molecule has 2 rings (SSSR count). The zero-order valence-electron chi connectivity index (χ0n) is 9.86. The number of nitrogens with two attached hydrogens (primary N) is 1. The minimum atomic E-state index is 0.378. The number of hydrogen-bond donors (Lipinski definition) is 1. The summed E-state index contributed by atoms with van der Waals surface area (Å²) in [7, 11) is 1.80. The Morgan fingerprint density at radius 2 is 2.12 bits per heavy atom. The van der Waals surface area contributed by atoms with Crippen LogP contribution in [-0.4, -0.2) is 26.3 Å². The maximum atomic E-state index is 5.59. The number of anilines is 1. The van der Waals surface area contributed by atoms with E-state index in [1.807, 2.05) is 0 Å². The molecule has 3 nitrogen and oxygen atoms in total. The van der Waals surface area contributed by atoms with Gasteiger partial charge in [0.25, 0.3) is 0 Å². The summed E-state index contributed by atoms with van der Waals surface area (Å²) in [5.41, 5.74) is 8.05. The van der Waals surface area contributed by atoms with E-state index in [0.717, 1.165) is 13.1 Å². The smallest absolute Gasteiger partial charge is 0.0746 e. The minimum absolute atomic E-state index is 0.378. The number of ether oxygens (including phenoxy) is 1. The van der Waals surface area contributed by atoms with Gasteiger partial charge in [0.15, 0.2) is 0 Å². The average molecular weight is 220 g/mol. The van der Waals surface area contributed by atoms with Crippen molar-refractivity contribution in [3.63, 3.8) is 0 Å². The van der Waals surface area contributed by atoms with Crippen molar-refractivity contribution in [1.29, 1.82) is 0 Å². The number of nitrogens with zero attached hydrogens (tertiary/aromatic N) is 1. The van der Waals surface area contributed by atoms with Crippen LogP contribution in [0.5, 0.6) is 0 Å². The molecule has 0 aromatic heterocycles. The zero-order chi connectivity index (χ0) is 11.4. The van der Waals surface area contributed by atoms with Gasteiger partial charge < -0.3 is 15.4 Å². The predicted octanol–water partition coefficient (Wildman–Crippen LogP) is 1.76. The average Bonchev–Trinajstić information content (AvgIpc) is 2.39. The summed E-state index contributed by atoms with van der Waals surface area (Å²) < 4.78 is 5.43. The Kier molecular flexibility index (Phi) is 3.80. The summed E-state index contributed by atoms with van der Waals surface area (Å²) in [5.74, 6) is 0. The van der Waals surface area contributed by atoms with Crippen LogP contribution in [0.3, 0.4) is 0 Å². The van der Waals surface area contributed by atoms with Crippen LogP contribution in [0.2, 0.25) is 0 Å². The van der Waals surface area contributed by atoms with Gasteiger partial charge in [-0.25, -0.2) is 0 Å². The Bertz CT molecular complexity index is 323. The minimum Gasteiger partial charge on any atom is -0.380 e. The molecule has 1 atom stereocenters. The van der Waals surface area contributed by atoms with Crippen LogP contribution in [0, 0.1) is 0 Å². The number of methoxy groups -OCH3 is 1. The van der Waals surface area contributed by atoms with E-state index in [2.05, 4.69) is 29.2 Å². The van der Waals surface area contributed by atoms with Crippen molar-refractivity contribution in [3.05, 3.63) is 29.8 Å². The van der Waals surface area contributed by atoms with Crippen molar-refractivity contribution in [1.82, 2.24) is 0 Å². The van der Waals surface area contributed by atoms with Crippen molar-refractivity contribution in [2.24, 2.45) is 5.73 Å². The van der Waals surface area contributed by atoms with Gasteiger partial charge in [-0.1, -0.05) is 12.1 Å². The van der Waals surface area contributed by atoms with Crippen molar-refractivity contribution in [2.75, 3.05) is 25.1 Å². The molecule has 1 aliphatic heterocycles. The molecule has 2 N–H and O–H groups in total. The molecule has 16 heavy (non-hydrogen) atoms. The van der Waals surface area contributed by atoms with E-state index in [0.29, 0.717) is 12.6 Å². The van der Waals surface area contributed by atoms with E-state index in [9.17, 15) is 0 Å². The largest absolute Gasteiger partial charge is 0.380 e. The van der Waals surface area contributed by atoms with Crippen molar-refractivity contribution in [2.45, 2.75) is 25.5 Å². The Morgan fingerprint density at radius 3 is 2.75 bits per heavy atom. The van der Waals surface area contributed by atoms with E-state index in [1.165, 1.54) is 24.1 Å². The molecule has 88 valence electrons. The fourth-order valence-electron chi connectivity index (χ4n) is 2.21. The SMILES string of the molecule is COC1CCCN(c2ccc(CN)cc2)C1. The van der Waals surface area contributed by atoms with Crippen LogP contribution in [0.4, 0.5) is 5.69 Å². The number of rotatable bonds is 3. The highest BCUT2D eigenvalue weighted by Gasteiger charge is 2.19. The highest BCUT2D eigenvalue weighted by molar-refractivity contribution is 5.48. The standard InChI is InChI=1S/C13H20N2O/c1-16-13-3-2-8-15(10-13)12-6-4-11(9-14)5-7-12/h4-7,13H,2-3,8-10,14H2,1H3. The molecule has 0 bridgehead atoms. The number of piperidine rings is 1. The van der Waals surface area contributed by atoms with Gasteiger partial charge in [0, 0.05) is 32.4 Å². The first-order chi connectivity index (χ1) is 7.83. The first-order valence-electron chi connectivity index (χ1n) is 5.90. The molecule has 1 fully saturated rings. The Morgan fingerprint density at radius 1 is 1.38 bits per heavy atom. The topological polar surface area (TPSA) is 38.5 Å². The predicted molar refractivity (Wildman–Crippen MR) is 66.6 cm³/mol. The summed E-state index contributed by atoms with van der Waals surface area (Å²) in [6.07, 6.45) is 2.76. The van der Waals surface area contributed by atoms with Crippen molar-refractivity contribution >= 4 is 5.69 Å². The molecule has 0 spiro atoms. The van der Waals surface area contributed by atoms with Crippen LogP contribution in [0.15, 0.2) is 24.3 Å². The lowest BCUT2D eigenvalue weighted by Gasteiger charge is -2.33. The molecule has 1 heterocycles. The second-order valence-corrected chi connectivity index (χ2v) is 4.32. The van der Waals surface area contributed by atoms with E-state index < -0.39 is 0 Å². The summed E-state index contributed by atoms with van der Waals surface area (Å²) in [6.45, 7) is 2.74. The fraction of sp³-hybridized carbons (Fsp3) is 0.538. The van der Waals surface area contributed by atoms with Crippen molar-refractivity contribution in [3.8, 4) is 0 Å². The van der Waals surface area contributed by atoms with E-state index in [1.54, 1.807) is 7.11 Å². The lowest BCUT2D eigenvalue weighted by molar-refractivity contribution is 0.0893. The van der Waals surface area contributed by atoms with Gasteiger partial charge in [0.1, 0.15) is 0 Å². The normalized spacial score (nSPS) is 21.1. The molecule has 1 aliphatic rings. The first kappa shape index (κ1) is 11.4. The fourth-order valence-corrected chi connectivity index (χ4v) is 2.21. The summed E-state index contributed by atoms with van der Waals surface area (Å²) >= 11 is 0. The van der Waals surface area contributed by atoms with E-state index in [-0.39, 0.29) is 0 Å². The lowest BCUT2D eigenvalue weighted by Crippen LogP contribution is -2.39. The third-order valence-corrected chi connectivity index (χ3v) is 3.25. The van der Waals surface area contributed by atoms with Crippen LogP contribution < -0.4 is 10.6 Å². The van der Waals surface area contributed by atoms with Gasteiger partial charge in [-0.15, -0.1) is 0 Å². The second kappa shape index (κ2) is 5.32. The molecule has 1 aromatic carbocycles. The summed E-state index contributed by atoms with van der Waals surface area (Å²) in [4.78, 5) is 2.39. The molecule has 0 saturated carbocycles. The molecule has 1 saturated heterocycles. The van der Waals surface area contributed by atoms with Gasteiger partial charge in [0.2, 0.25) is 0 Å². The summed E-state index contributed by atoms with van der Waals surface area (Å²) in [5, 5.41) is 0. The van der Waals surface area contributed by atoms with Gasteiger partial charge >= 0.3 is 0 Å². The lowest BCUT2D eigenvalue weighted by atomic mass is 10.1. The van der Waals surface area contributed by atoms with Crippen LogP contribution in [0.1, 0.15) is 18.4 Å². The molecule has 0 radical (unpaired) electrons. The maximum Gasteiger partial charge on any atom is 0.0746 e. The molecular formula is C13H20N2O. The van der Waals surface area contributed by atoms with Gasteiger partial charge in [-0.2, -0.15) is 0 Å². The molecule has 0 amide bonds. The highest BCUT2D eigenvalue weighted by Crippen LogP contribution is 2.21. The van der Waals surface area contributed by atoms with Crippen LogP contribution in [0.25, 0.3) is 0 Å². The Hall–Kier alpha value is -1.06. The highest BCUT2D eigenvalue weighted by atomic mass is 16.5. The van der Waals surface area contributed by atoms with Crippen molar-refractivity contribution < 1.29 is 4.74 Å². The monoisotopic (exact) mass is 220 g/mol. The third kappa shape index (κ3) is 2.54. The van der Waals surface area contributed by atoms with Gasteiger partial charge in [-0.3, -0.25) is 0 Å². The first-order valence-corrected chi connectivity index (χ1v) is 5.90. The number of benzene rings is 1.